The number of nitrogens with zero attached hydrogens (tertiary/aromatic N) is 7. The van der Waals surface area contributed by atoms with Crippen molar-refractivity contribution in [2.75, 3.05) is 42.9 Å². The number of fused-ring (bicyclic) bond motifs is 2. The maximum Gasteiger partial charge on any atom is 0.234 e. The molecule has 1 saturated heterocycles. The molecule has 0 atom stereocenters. The summed E-state index contributed by atoms with van der Waals surface area (Å²) < 4.78 is 2.02. The number of aromatic nitrogens is 5. The molecule has 0 radical (unpaired) electrons. The van der Waals surface area contributed by atoms with Crippen LogP contribution in [-0.4, -0.2) is 74.3 Å². The average Bonchev–Trinajstić information content (AvgIpc) is 3.35. The summed E-state index contributed by atoms with van der Waals surface area (Å²) in [5, 5.41) is 13.0. The largest absolute Gasteiger partial charge is 0.354 e. The van der Waals surface area contributed by atoms with Crippen LogP contribution >= 0.6 is 0 Å². The third kappa shape index (κ3) is 5.72. The van der Waals surface area contributed by atoms with E-state index in [1.54, 1.807) is 12.5 Å². The fourth-order valence-electron chi connectivity index (χ4n) is 5.11. The first-order chi connectivity index (χ1) is 19.5. The fraction of sp³-hybridized carbons (Fsp3) is 0.300. The van der Waals surface area contributed by atoms with Gasteiger partial charge in [-0.15, -0.1) is 0 Å². The Morgan fingerprint density at radius 3 is 2.58 bits per heavy atom. The van der Waals surface area contributed by atoms with Crippen molar-refractivity contribution >= 4 is 45.0 Å². The van der Waals surface area contributed by atoms with Crippen molar-refractivity contribution in [3.63, 3.8) is 0 Å². The Kier molecular flexibility index (Phi) is 7.24. The summed E-state index contributed by atoms with van der Waals surface area (Å²) in [5.74, 6) is 1.69. The van der Waals surface area contributed by atoms with Crippen LogP contribution in [0, 0.1) is 0 Å². The molecule has 0 bridgehead atoms. The molecule has 1 aliphatic rings. The smallest absolute Gasteiger partial charge is 0.234 e. The lowest BCUT2D eigenvalue weighted by molar-refractivity contribution is -0.122. The number of benzene rings is 2. The van der Waals surface area contributed by atoms with Crippen LogP contribution in [0.1, 0.15) is 19.4 Å². The molecule has 5 aromatic rings. The third-order valence-electron chi connectivity index (χ3n) is 7.10. The number of amides is 1. The zero-order chi connectivity index (χ0) is 27.5. The number of carbonyl (C=O) groups excluding carboxylic acids is 1. The number of hydrogen-bond donors (Lipinski definition) is 2. The minimum absolute atomic E-state index is 0.0712. The lowest BCUT2D eigenvalue weighted by Crippen LogP contribution is -2.50. The fourth-order valence-corrected chi connectivity index (χ4v) is 5.11. The molecule has 3 aromatic heterocycles. The van der Waals surface area contributed by atoms with Gasteiger partial charge in [-0.1, -0.05) is 30.3 Å². The van der Waals surface area contributed by atoms with Gasteiger partial charge in [0.15, 0.2) is 0 Å². The van der Waals surface area contributed by atoms with Crippen LogP contribution in [0.15, 0.2) is 73.3 Å². The molecule has 2 aromatic carbocycles. The molecule has 0 unspecified atom stereocenters. The Balaban J connectivity index is 1.17. The Labute approximate surface area is 233 Å². The highest BCUT2D eigenvalue weighted by molar-refractivity contribution is 5.93. The standard InChI is InChI=1S/C30H33N9O/c1-21(2)35-29(40)19-37-10-12-38(13-11-37)28-15-25-26(17-31-28)32-20-33-30(25)36-24-8-9-27-23(14-24)16-34-39(27)18-22-6-4-3-5-7-22/h3-9,14-17,20-21H,10-13,18-19H2,1-2H3,(H,35,40)(H,32,33,36). The number of pyridine rings is 1. The summed E-state index contributed by atoms with van der Waals surface area (Å²) in [4.78, 5) is 30.3. The quantitative estimate of drug-likeness (QED) is 0.309. The first-order valence-electron chi connectivity index (χ1n) is 13.7. The van der Waals surface area contributed by atoms with E-state index in [9.17, 15) is 4.79 Å². The van der Waals surface area contributed by atoms with Crippen LogP contribution in [0.4, 0.5) is 17.3 Å². The minimum atomic E-state index is 0.0712. The molecule has 6 rings (SSSR count). The van der Waals surface area contributed by atoms with Crippen molar-refractivity contribution in [2.24, 2.45) is 0 Å². The zero-order valence-corrected chi connectivity index (χ0v) is 22.8. The summed E-state index contributed by atoms with van der Waals surface area (Å²) in [6.07, 6.45) is 5.26. The van der Waals surface area contributed by atoms with Gasteiger partial charge >= 0.3 is 0 Å². The van der Waals surface area contributed by atoms with Crippen LogP contribution in [0.3, 0.4) is 0 Å². The molecule has 40 heavy (non-hydrogen) atoms. The topological polar surface area (TPSA) is 104 Å². The summed E-state index contributed by atoms with van der Waals surface area (Å²) in [7, 11) is 0. The molecule has 1 amide bonds. The minimum Gasteiger partial charge on any atom is -0.354 e. The van der Waals surface area contributed by atoms with E-state index in [0.29, 0.717) is 6.54 Å². The van der Waals surface area contributed by atoms with E-state index < -0.39 is 0 Å². The first kappa shape index (κ1) is 25.7. The third-order valence-corrected chi connectivity index (χ3v) is 7.10. The summed E-state index contributed by atoms with van der Waals surface area (Å²) >= 11 is 0. The second-order valence-electron chi connectivity index (χ2n) is 10.5. The maximum absolute atomic E-state index is 12.2. The van der Waals surface area contributed by atoms with E-state index in [-0.39, 0.29) is 11.9 Å². The Hall–Kier alpha value is -4.57. The first-order valence-corrected chi connectivity index (χ1v) is 13.7. The van der Waals surface area contributed by atoms with Gasteiger partial charge < -0.3 is 15.5 Å². The number of rotatable bonds is 8. The van der Waals surface area contributed by atoms with Crippen molar-refractivity contribution < 1.29 is 4.79 Å². The molecule has 0 spiro atoms. The second-order valence-corrected chi connectivity index (χ2v) is 10.5. The Morgan fingerprint density at radius 2 is 1.77 bits per heavy atom. The highest BCUT2D eigenvalue weighted by atomic mass is 16.2. The van der Waals surface area contributed by atoms with Gasteiger partial charge in [-0.3, -0.25) is 14.4 Å². The highest BCUT2D eigenvalue weighted by Crippen LogP contribution is 2.28. The van der Waals surface area contributed by atoms with Gasteiger partial charge in [-0.25, -0.2) is 15.0 Å². The number of anilines is 3. The van der Waals surface area contributed by atoms with Gasteiger partial charge in [0.1, 0.15) is 18.0 Å². The van der Waals surface area contributed by atoms with Crippen molar-refractivity contribution in [1.82, 2.24) is 34.9 Å². The Bertz CT molecular complexity index is 1620. The zero-order valence-electron chi connectivity index (χ0n) is 22.8. The van der Waals surface area contributed by atoms with Crippen molar-refractivity contribution in [3.8, 4) is 0 Å². The lowest BCUT2D eigenvalue weighted by Gasteiger charge is -2.35. The van der Waals surface area contributed by atoms with Gasteiger partial charge in [0.2, 0.25) is 5.91 Å². The van der Waals surface area contributed by atoms with E-state index in [0.717, 1.165) is 71.9 Å². The average molecular weight is 536 g/mol. The Morgan fingerprint density at radius 1 is 0.950 bits per heavy atom. The van der Waals surface area contributed by atoms with Gasteiger partial charge in [-0.2, -0.15) is 5.10 Å². The normalized spacial score (nSPS) is 14.2. The van der Waals surface area contributed by atoms with Crippen molar-refractivity contribution in [3.05, 3.63) is 78.9 Å². The van der Waals surface area contributed by atoms with Gasteiger partial charge in [0.05, 0.1) is 36.5 Å². The molecule has 0 aliphatic carbocycles. The number of carbonyl (C=O) groups is 1. The molecular formula is C30H33N9O. The second kappa shape index (κ2) is 11.3. The van der Waals surface area contributed by atoms with Gasteiger partial charge in [0.25, 0.3) is 0 Å². The van der Waals surface area contributed by atoms with Crippen LogP contribution in [0.25, 0.3) is 21.8 Å². The molecule has 204 valence electrons. The predicted molar refractivity (Wildman–Crippen MR) is 158 cm³/mol. The molecule has 10 nitrogen and oxygen atoms in total. The van der Waals surface area contributed by atoms with E-state index in [4.69, 9.17) is 0 Å². The van der Waals surface area contributed by atoms with Gasteiger partial charge in [0, 0.05) is 48.7 Å². The molecule has 4 heterocycles. The maximum atomic E-state index is 12.2. The molecule has 0 saturated carbocycles. The summed E-state index contributed by atoms with van der Waals surface area (Å²) in [5.41, 5.74) is 4.00. The van der Waals surface area contributed by atoms with Crippen LogP contribution in [-0.2, 0) is 11.3 Å². The van der Waals surface area contributed by atoms with E-state index >= 15 is 0 Å². The number of hydrogen-bond acceptors (Lipinski definition) is 8. The monoisotopic (exact) mass is 535 g/mol. The predicted octanol–water partition coefficient (Wildman–Crippen LogP) is 3.81. The van der Waals surface area contributed by atoms with Crippen molar-refractivity contribution in [1.29, 1.82) is 0 Å². The van der Waals surface area contributed by atoms with Gasteiger partial charge in [-0.05, 0) is 43.7 Å². The van der Waals surface area contributed by atoms with E-state index in [1.165, 1.54) is 5.56 Å². The van der Waals surface area contributed by atoms with Crippen LogP contribution < -0.4 is 15.5 Å². The highest BCUT2D eigenvalue weighted by Gasteiger charge is 2.21. The SMILES string of the molecule is CC(C)NC(=O)CN1CCN(c2cc3c(Nc4ccc5c(cnn5Cc5ccccc5)c4)ncnc3cn2)CC1. The lowest BCUT2D eigenvalue weighted by atomic mass is 10.2. The summed E-state index contributed by atoms with van der Waals surface area (Å²) in [6, 6.07) is 18.8. The van der Waals surface area contributed by atoms with Crippen LogP contribution in [0.5, 0.6) is 0 Å². The molecule has 1 aliphatic heterocycles. The summed E-state index contributed by atoms with van der Waals surface area (Å²) in [6.45, 7) is 8.32. The van der Waals surface area contributed by atoms with Crippen molar-refractivity contribution in [2.45, 2.75) is 26.4 Å². The molecule has 1 fully saturated rings. The van der Waals surface area contributed by atoms with E-state index in [1.807, 2.05) is 42.9 Å². The molecule has 10 heteroatoms. The number of piperazine rings is 1. The number of nitrogens with one attached hydrogen (secondary N) is 2. The molecule has 2 N–H and O–H groups in total. The molecular weight excluding hydrogens is 502 g/mol. The van der Waals surface area contributed by atoms with E-state index in [2.05, 4.69) is 76.9 Å². The van der Waals surface area contributed by atoms with Crippen LogP contribution in [0.2, 0.25) is 0 Å².